The summed E-state index contributed by atoms with van der Waals surface area (Å²) in [5, 5.41) is 4.15. The molecule has 0 aliphatic carbocycles. The van der Waals surface area contributed by atoms with Crippen molar-refractivity contribution in [1.29, 1.82) is 0 Å². The van der Waals surface area contributed by atoms with Gasteiger partial charge in [0, 0.05) is 19.1 Å². The number of rotatable bonds is 2. The number of benzene rings is 1. The lowest BCUT2D eigenvalue weighted by atomic mass is 10.1. The molecule has 0 atom stereocenters. The predicted octanol–water partition coefficient (Wildman–Crippen LogP) is 1.05. The highest BCUT2D eigenvalue weighted by molar-refractivity contribution is 6.31. The molecule has 2 aromatic rings. The van der Waals surface area contributed by atoms with Gasteiger partial charge in [0.15, 0.2) is 0 Å². The number of nitrogens with one attached hydrogen (secondary N) is 2. The number of fused-ring (bicyclic) bond motifs is 1. The maximum atomic E-state index is 13.9. The summed E-state index contributed by atoms with van der Waals surface area (Å²) >= 11 is 5.72. The Labute approximate surface area is 144 Å². The zero-order valence-electron chi connectivity index (χ0n) is 12.6. The van der Waals surface area contributed by atoms with E-state index in [-0.39, 0.29) is 33.3 Å². The third-order valence-corrected chi connectivity index (χ3v) is 3.83. The van der Waals surface area contributed by atoms with Crippen LogP contribution >= 0.6 is 11.6 Å². The fourth-order valence-corrected chi connectivity index (χ4v) is 2.70. The molecule has 1 aliphatic heterocycles. The Hall–Kier alpha value is -3.20. The summed E-state index contributed by atoms with van der Waals surface area (Å²) in [6, 6.07) is 2.92. The summed E-state index contributed by atoms with van der Waals surface area (Å²) in [6.45, 7) is 1.21. The van der Waals surface area contributed by atoms with Gasteiger partial charge in [-0.15, -0.1) is 0 Å². The maximum absolute atomic E-state index is 13.9. The number of anilines is 2. The lowest BCUT2D eigenvalue weighted by Crippen LogP contribution is -2.25. The summed E-state index contributed by atoms with van der Waals surface area (Å²) in [5.74, 6) is -3.25. The SMILES string of the molecule is CC(=O)Nc1cc(Cl)c(F)cc1-n1c(N)c2c(cc1=O)C(=O)NC2=O. The van der Waals surface area contributed by atoms with Crippen LogP contribution in [0.5, 0.6) is 0 Å². The Morgan fingerprint density at radius 1 is 1.24 bits per heavy atom. The number of nitrogen functional groups attached to an aromatic ring is 1. The van der Waals surface area contributed by atoms with Gasteiger partial charge in [0.1, 0.15) is 11.6 Å². The third-order valence-electron chi connectivity index (χ3n) is 3.54. The van der Waals surface area contributed by atoms with Gasteiger partial charge in [-0.3, -0.25) is 29.1 Å². The Morgan fingerprint density at radius 3 is 2.56 bits per heavy atom. The average Bonchev–Trinajstić information content (AvgIpc) is 2.78. The van der Waals surface area contributed by atoms with E-state index in [9.17, 15) is 23.6 Å². The first-order chi connectivity index (χ1) is 11.7. The van der Waals surface area contributed by atoms with E-state index in [0.717, 1.165) is 22.8 Å². The molecule has 10 heteroatoms. The van der Waals surface area contributed by atoms with Crippen LogP contribution in [0.1, 0.15) is 27.6 Å². The van der Waals surface area contributed by atoms with Gasteiger partial charge in [0.25, 0.3) is 17.4 Å². The molecule has 0 spiro atoms. The molecule has 3 amide bonds. The van der Waals surface area contributed by atoms with E-state index in [0.29, 0.717) is 0 Å². The number of hydrogen-bond donors (Lipinski definition) is 3. The molecule has 0 bridgehead atoms. The molecule has 1 aromatic carbocycles. The molecule has 0 saturated carbocycles. The van der Waals surface area contributed by atoms with Crippen molar-refractivity contribution in [1.82, 2.24) is 9.88 Å². The smallest absolute Gasteiger partial charge is 0.262 e. The molecule has 1 aromatic heterocycles. The highest BCUT2D eigenvalue weighted by Crippen LogP contribution is 2.30. The van der Waals surface area contributed by atoms with Crippen LogP contribution in [-0.4, -0.2) is 22.3 Å². The first kappa shape index (κ1) is 16.7. The Balaban J connectivity index is 2.35. The molecule has 0 unspecified atom stereocenters. The summed E-state index contributed by atoms with van der Waals surface area (Å²) < 4.78 is 14.7. The van der Waals surface area contributed by atoms with Gasteiger partial charge in [0.2, 0.25) is 5.91 Å². The molecular formula is C15H10ClFN4O4. The van der Waals surface area contributed by atoms with Crippen molar-refractivity contribution < 1.29 is 18.8 Å². The number of carbonyl (C=O) groups excluding carboxylic acids is 3. The van der Waals surface area contributed by atoms with E-state index < -0.39 is 29.1 Å². The summed E-state index contributed by atoms with van der Waals surface area (Å²) in [5.41, 5.74) is 4.62. The highest BCUT2D eigenvalue weighted by atomic mass is 35.5. The van der Waals surface area contributed by atoms with Crippen LogP contribution in [-0.2, 0) is 4.79 Å². The number of pyridine rings is 1. The maximum Gasteiger partial charge on any atom is 0.262 e. The fraction of sp³-hybridized carbons (Fsp3) is 0.0667. The number of hydrogen-bond acceptors (Lipinski definition) is 5. The van der Waals surface area contributed by atoms with Crippen LogP contribution < -0.4 is 21.9 Å². The van der Waals surface area contributed by atoms with Crippen molar-refractivity contribution >= 4 is 40.8 Å². The molecule has 0 fully saturated rings. The first-order valence-corrected chi connectivity index (χ1v) is 7.26. The van der Waals surface area contributed by atoms with Crippen LogP contribution in [0.2, 0.25) is 5.02 Å². The zero-order chi connectivity index (χ0) is 18.5. The lowest BCUT2D eigenvalue weighted by Gasteiger charge is -2.16. The summed E-state index contributed by atoms with van der Waals surface area (Å²) in [4.78, 5) is 47.3. The summed E-state index contributed by atoms with van der Waals surface area (Å²) in [7, 11) is 0. The van der Waals surface area contributed by atoms with Crippen LogP contribution in [0.3, 0.4) is 0 Å². The summed E-state index contributed by atoms with van der Waals surface area (Å²) in [6.07, 6.45) is 0. The monoisotopic (exact) mass is 364 g/mol. The number of imide groups is 1. The minimum absolute atomic E-state index is 0.0115. The van der Waals surface area contributed by atoms with E-state index in [1.54, 1.807) is 0 Å². The molecule has 8 nitrogen and oxygen atoms in total. The molecule has 25 heavy (non-hydrogen) atoms. The second kappa shape index (κ2) is 5.71. The van der Waals surface area contributed by atoms with Crippen LogP contribution in [0, 0.1) is 5.82 Å². The van der Waals surface area contributed by atoms with E-state index in [1.165, 1.54) is 6.92 Å². The van der Waals surface area contributed by atoms with E-state index >= 15 is 0 Å². The molecule has 2 heterocycles. The van der Waals surface area contributed by atoms with Gasteiger partial charge < -0.3 is 11.1 Å². The van der Waals surface area contributed by atoms with Gasteiger partial charge in [-0.25, -0.2) is 4.39 Å². The van der Waals surface area contributed by atoms with Crippen LogP contribution in [0.15, 0.2) is 23.0 Å². The fourth-order valence-electron chi connectivity index (χ4n) is 2.54. The lowest BCUT2D eigenvalue weighted by molar-refractivity contribution is -0.114. The van der Waals surface area contributed by atoms with Crippen molar-refractivity contribution in [3.63, 3.8) is 0 Å². The molecule has 3 rings (SSSR count). The first-order valence-electron chi connectivity index (χ1n) is 6.89. The molecule has 1 aliphatic rings. The largest absolute Gasteiger partial charge is 0.384 e. The van der Waals surface area contributed by atoms with Crippen LogP contribution in [0.4, 0.5) is 15.9 Å². The standard InChI is InChI=1S/C15H10ClFN4O4/c1-5(22)19-9-3-7(16)8(17)4-10(9)21-11(23)2-6-12(13(21)18)15(25)20-14(6)24/h2-4H,18H2,1H3,(H,19,22)(H,20,24,25). The molecule has 0 saturated heterocycles. The normalized spacial score (nSPS) is 12.8. The number of carbonyl (C=O) groups is 3. The van der Waals surface area contributed by atoms with Crippen LogP contribution in [0.25, 0.3) is 5.69 Å². The van der Waals surface area contributed by atoms with Crippen molar-refractivity contribution in [3.05, 3.63) is 50.5 Å². The second-order valence-electron chi connectivity index (χ2n) is 5.24. The third kappa shape index (κ3) is 2.64. The van der Waals surface area contributed by atoms with Crippen molar-refractivity contribution in [3.8, 4) is 5.69 Å². The zero-order valence-corrected chi connectivity index (χ0v) is 13.4. The van der Waals surface area contributed by atoms with Crippen molar-refractivity contribution in [2.75, 3.05) is 11.1 Å². The number of amides is 3. The number of nitrogens with two attached hydrogens (primary N) is 1. The minimum atomic E-state index is -0.863. The number of aromatic nitrogens is 1. The Morgan fingerprint density at radius 2 is 1.92 bits per heavy atom. The van der Waals surface area contributed by atoms with Crippen molar-refractivity contribution in [2.45, 2.75) is 6.92 Å². The predicted molar refractivity (Wildman–Crippen MR) is 87.5 cm³/mol. The van der Waals surface area contributed by atoms with E-state index in [1.807, 2.05) is 5.32 Å². The average molecular weight is 365 g/mol. The van der Waals surface area contributed by atoms with Gasteiger partial charge in [-0.05, 0) is 6.07 Å². The van der Waals surface area contributed by atoms with E-state index in [4.69, 9.17) is 17.3 Å². The van der Waals surface area contributed by atoms with Crippen molar-refractivity contribution in [2.24, 2.45) is 0 Å². The Bertz CT molecular complexity index is 1030. The van der Waals surface area contributed by atoms with Gasteiger partial charge in [-0.1, -0.05) is 11.6 Å². The highest BCUT2D eigenvalue weighted by Gasteiger charge is 2.32. The topological polar surface area (TPSA) is 123 Å². The second-order valence-corrected chi connectivity index (χ2v) is 5.65. The van der Waals surface area contributed by atoms with Gasteiger partial charge >= 0.3 is 0 Å². The minimum Gasteiger partial charge on any atom is -0.384 e. The molecule has 128 valence electrons. The quantitative estimate of drug-likeness (QED) is 0.687. The molecular weight excluding hydrogens is 355 g/mol. The Kier molecular flexibility index (Phi) is 3.80. The van der Waals surface area contributed by atoms with Gasteiger partial charge in [-0.2, -0.15) is 0 Å². The van der Waals surface area contributed by atoms with E-state index in [2.05, 4.69) is 5.32 Å². The number of nitrogens with zero attached hydrogens (tertiary/aromatic N) is 1. The molecule has 0 radical (unpaired) electrons. The number of halogens is 2. The van der Waals surface area contributed by atoms with Gasteiger partial charge in [0.05, 0.1) is 27.5 Å². The molecule has 4 N–H and O–H groups in total.